The molecule has 7 nitrogen and oxygen atoms in total. The molecule has 0 aliphatic heterocycles. The highest BCUT2D eigenvalue weighted by Crippen LogP contribution is 1.64. The molecule has 0 aromatic heterocycles. The molecular weight excluding hydrogens is 156 g/mol. The summed E-state index contributed by atoms with van der Waals surface area (Å²) in [6, 6.07) is 0. The minimum atomic E-state index is -1.50. The first kappa shape index (κ1) is 12.7. The van der Waals surface area contributed by atoms with Crippen LogP contribution in [-0.4, -0.2) is 23.5 Å². The van der Waals surface area contributed by atoms with Gasteiger partial charge >= 0.3 is 0 Å². The maximum Gasteiger partial charge on any atom is 0.291 e. The fourth-order valence-corrected chi connectivity index (χ4v) is 0.160. The third-order valence-electron chi connectivity index (χ3n) is 0.407. The first-order valence-corrected chi connectivity index (χ1v) is 2.96. The molecule has 7 heteroatoms. The van der Waals surface area contributed by atoms with Crippen molar-refractivity contribution >= 4 is 0 Å². The Kier molecular flexibility index (Phi) is 13.7. The molecule has 68 valence electrons. The van der Waals surface area contributed by atoms with Crippen LogP contribution in [0.2, 0.25) is 0 Å². The van der Waals surface area contributed by atoms with Crippen molar-refractivity contribution in [2.75, 3.05) is 13.2 Å². The van der Waals surface area contributed by atoms with Crippen molar-refractivity contribution in [3.63, 3.8) is 0 Å². The standard InChI is InChI=1S/C4H11NO2.HNO3/c1-3-6-5-7-4-2;2-1(3)4/h5H,3-4H2,1-2H3;(H,2,3,4). The fraction of sp³-hybridized carbons (Fsp3) is 1.00. The van der Waals surface area contributed by atoms with E-state index >= 15 is 0 Å². The maximum atomic E-state index is 8.36. The van der Waals surface area contributed by atoms with Crippen LogP contribution in [0, 0.1) is 10.1 Å². The van der Waals surface area contributed by atoms with E-state index in [9.17, 15) is 0 Å². The monoisotopic (exact) mass is 168 g/mol. The molecule has 0 aromatic carbocycles. The number of nitrogens with zero attached hydrogens (tertiary/aromatic N) is 1. The molecule has 0 unspecified atom stereocenters. The van der Waals surface area contributed by atoms with Crippen molar-refractivity contribution in [1.82, 2.24) is 5.64 Å². The Morgan fingerprint density at radius 2 is 1.73 bits per heavy atom. The summed E-state index contributed by atoms with van der Waals surface area (Å²) in [7, 11) is 0. The third-order valence-corrected chi connectivity index (χ3v) is 0.407. The van der Waals surface area contributed by atoms with E-state index in [2.05, 4.69) is 15.3 Å². The number of hydrogen-bond donors (Lipinski definition) is 2. The molecule has 0 radical (unpaired) electrons. The van der Waals surface area contributed by atoms with E-state index in [0.29, 0.717) is 13.2 Å². The molecule has 0 rings (SSSR count). The smallest absolute Gasteiger partial charge is 0.291 e. The van der Waals surface area contributed by atoms with Crippen molar-refractivity contribution in [3.05, 3.63) is 10.1 Å². The molecule has 0 aromatic rings. The summed E-state index contributed by atoms with van der Waals surface area (Å²) in [6.07, 6.45) is 0. The molecule has 0 aliphatic rings. The average molecular weight is 168 g/mol. The Labute approximate surface area is 63.9 Å². The summed E-state index contributed by atoms with van der Waals surface area (Å²) in [4.78, 5) is 17.6. The predicted octanol–water partition coefficient (Wildman–Crippen LogP) is 0.131. The van der Waals surface area contributed by atoms with Gasteiger partial charge in [0.25, 0.3) is 5.09 Å². The molecule has 0 atom stereocenters. The van der Waals surface area contributed by atoms with Gasteiger partial charge in [-0.05, 0) is 13.8 Å². The normalized spacial score (nSPS) is 8.18. The van der Waals surface area contributed by atoms with Gasteiger partial charge in [-0.3, -0.25) is 9.68 Å². The number of nitrogens with one attached hydrogen (secondary N) is 1. The lowest BCUT2D eigenvalue weighted by Gasteiger charge is -1.98. The zero-order chi connectivity index (χ0) is 9.11. The molecule has 0 bridgehead atoms. The Hall–Kier alpha value is -0.920. The molecule has 0 fully saturated rings. The second kappa shape index (κ2) is 11.8. The predicted molar refractivity (Wildman–Crippen MR) is 35.2 cm³/mol. The Morgan fingerprint density at radius 1 is 1.45 bits per heavy atom. The molecule has 0 saturated carbocycles. The van der Waals surface area contributed by atoms with Crippen molar-refractivity contribution < 1.29 is 20.0 Å². The van der Waals surface area contributed by atoms with E-state index in [4.69, 9.17) is 15.3 Å². The fourth-order valence-electron chi connectivity index (χ4n) is 0.160. The molecule has 11 heavy (non-hydrogen) atoms. The van der Waals surface area contributed by atoms with Gasteiger partial charge in [-0.25, -0.2) is 0 Å². The molecule has 0 aliphatic carbocycles. The summed E-state index contributed by atoms with van der Waals surface area (Å²) in [5.74, 6) is 0. The third kappa shape index (κ3) is 48.0. The van der Waals surface area contributed by atoms with Crippen molar-refractivity contribution in [2.45, 2.75) is 13.8 Å². The highest BCUT2D eigenvalue weighted by atomic mass is 16.9. The zero-order valence-electron chi connectivity index (χ0n) is 6.44. The molecule has 0 amide bonds. The van der Waals surface area contributed by atoms with Gasteiger partial charge in [0.1, 0.15) is 0 Å². The quantitative estimate of drug-likeness (QED) is 0.352. The second-order valence-corrected chi connectivity index (χ2v) is 1.19. The highest BCUT2D eigenvalue weighted by molar-refractivity contribution is 3.99. The summed E-state index contributed by atoms with van der Waals surface area (Å²) in [5.41, 5.74) is 2.28. The molecule has 2 N–H and O–H groups in total. The first-order chi connectivity index (χ1) is 5.15. The van der Waals surface area contributed by atoms with E-state index in [1.807, 2.05) is 13.8 Å². The van der Waals surface area contributed by atoms with E-state index < -0.39 is 5.09 Å². The lowest BCUT2D eigenvalue weighted by atomic mass is 10.9. The Morgan fingerprint density at radius 3 is 1.91 bits per heavy atom. The summed E-state index contributed by atoms with van der Waals surface area (Å²) in [5, 5.41) is 13.6. The van der Waals surface area contributed by atoms with E-state index in [-0.39, 0.29) is 0 Å². The summed E-state index contributed by atoms with van der Waals surface area (Å²) >= 11 is 0. The van der Waals surface area contributed by atoms with E-state index in [1.165, 1.54) is 0 Å². The highest BCUT2D eigenvalue weighted by Gasteiger charge is 1.74. The molecular formula is C4H12N2O5. The van der Waals surface area contributed by atoms with Gasteiger partial charge < -0.3 is 5.21 Å². The van der Waals surface area contributed by atoms with Crippen LogP contribution in [0.4, 0.5) is 0 Å². The van der Waals surface area contributed by atoms with Gasteiger partial charge in [-0.2, -0.15) is 0 Å². The van der Waals surface area contributed by atoms with E-state index in [0.717, 1.165) is 0 Å². The second-order valence-electron chi connectivity index (χ2n) is 1.19. The van der Waals surface area contributed by atoms with Crippen LogP contribution in [0.1, 0.15) is 13.8 Å². The Balaban J connectivity index is 0. The van der Waals surface area contributed by atoms with Crippen LogP contribution in [0.15, 0.2) is 0 Å². The van der Waals surface area contributed by atoms with E-state index in [1.54, 1.807) is 0 Å². The Bertz CT molecular complexity index is 80.6. The number of hydrogen-bond acceptors (Lipinski definition) is 5. The van der Waals surface area contributed by atoms with Crippen LogP contribution in [-0.2, 0) is 9.68 Å². The molecule has 0 heterocycles. The van der Waals surface area contributed by atoms with Crippen LogP contribution >= 0.6 is 0 Å². The van der Waals surface area contributed by atoms with Gasteiger partial charge in [-0.1, -0.05) is 5.64 Å². The van der Waals surface area contributed by atoms with Crippen LogP contribution < -0.4 is 5.64 Å². The van der Waals surface area contributed by atoms with Gasteiger partial charge in [0.2, 0.25) is 0 Å². The lowest BCUT2D eigenvalue weighted by Crippen LogP contribution is -2.14. The van der Waals surface area contributed by atoms with Gasteiger partial charge in [0.15, 0.2) is 0 Å². The van der Waals surface area contributed by atoms with Crippen LogP contribution in [0.5, 0.6) is 0 Å². The lowest BCUT2D eigenvalue weighted by molar-refractivity contribution is -0.742. The molecule has 0 saturated heterocycles. The summed E-state index contributed by atoms with van der Waals surface area (Å²) in [6.45, 7) is 5.01. The summed E-state index contributed by atoms with van der Waals surface area (Å²) < 4.78 is 0. The number of rotatable bonds is 4. The maximum absolute atomic E-state index is 8.36. The SMILES string of the molecule is CCONOCC.O=[N+]([O-])O. The van der Waals surface area contributed by atoms with Crippen molar-refractivity contribution in [3.8, 4) is 0 Å². The molecule has 0 spiro atoms. The first-order valence-electron chi connectivity index (χ1n) is 2.96. The zero-order valence-corrected chi connectivity index (χ0v) is 6.44. The van der Waals surface area contributed by atoms with Crippen molar-refractivity contribution in [2.24, 2.45) is 0 Å². The van der Waals surface area contributed by atoms with Crippen LogP contribution in [0.25, 0.3) is 0 Å². The van der Waals surface area contributed by atoms with Gasteiger partial charge in [0.05, 0.1) is 13.2 Å². The minimum Gasteiger partial charge on any atom is -0.328 e. The van der Waals surface area contributed by atoms with Gasteiger partial charge in [0, 0.05) is 0 Å². The minimum absolute atomic E-state index is 0.625. The largest absolute Gasteiger partial charge is 0.328 e. The topological polar surface area (TPSA) is 93.9 Å². The van der Waals surface area contributed by atoms with Crippen LogP contribution in [0.3, 0.4) is 0 Å². The van der Waals surface area contributed by atoms with Crippen molar-refractivity contribution in [1.29, 1.82) is 0 Å². The van der Waals surface area contributed by atoms with Gasteiger partial charge in [-0.15, -0.1) is 10.1 Å². The average Bonchev–Trinajstić information content (AvgIpc) is 1.88.